The van der Waals surface area contributed by atoms with Gasteiger partial charge in [-0.15, -0.1) is 0 Å². The third kappa shape index (κ3) is 4.76. The van der Waals surface area contributed by atoms with Crippen molar-refractivity contribution in [2.45, 2.75) is 12.8 Å². The van der Waals surface area contributed by atoms with Crippen LogP contribution < -0.4 is 15.4 Å². The molecule has 2 N–H and O–H groups in total. The van der Waals surface area contributed by atoms with Gasteiger partial charge in [0.05, 0.1) is 7.11 Å². The highest BCUT2D eigenvalue weighted by Crippen LogP contribution is 2.13. The molecule has 1 aromatic rings. The summed E-state index contributed by atoms with van der Waals surface area (Å²) in [7, 11) is 5.32. The molecule has 0 saturated carbocycles. The minimum atomic E-state index is 0.829. The van der Waals surface area contributed by atoms with Crippen molar-refractivity contribution in [1.29, 1.82) is 0 Å². The predicted octanol–water partition coefficient (Wildman–Crippen LogP) is 1.42. The number of guanidine groups is 1. The van der Waals surface area contributed by atoms with Crippen molar-refractivity contribution in [1.82, 2.24) is 10.6 Å². The summed E-state index contributed by atoms with van der Waals surface area (Å²) in [4.78, 5) is 4.05. The summed E-state index contributed by atoms with van der Waals surface area (Å²) >= 11 is 0. The third-order valence-electron chi connectivity index (χ3n) is 2.53. The zero-order valence-electron chi connectivity index (χ0n) is 10.8. The minimum absolute atomic E-state index is 0.829. The molecule has 0 spiro atoms. The fraction of sp³-hybridized carbons (Fsp3) is 0.462. The summed E-state index contributed by atoms with van der Waals surface area (Å²) in [6, 6.07) is 8.18. The Morgan fingerprint density at radius 3 is 2.88 bits per heavy atom. The zero-order valence-corrected chi connectivity index (χ0v) is 10.8. The lowest BCUT2D eigenvalue weighted by molar-refractivity contribution is 0.414. The van der Waals surface area contributed by atoms with Crippen molar-refractivity contribution >= 4 is 5.96 Å². The van der Waals surface area contributed by atoms with Crippen LogP contribution in [0.3, 0.4) is 0 Å². The van der Waals surface area contributed by atoms with Crippen LogP contribution in [0.4, 0.5) is 0 Å². The number of aryl methyl sites for hydroxylation is 1. The van der Waals surface area contributed by atoms with E-state index in [1.165, 1.54) is 5.56 Å². The van der Waals surface area contributed by atoms with E-state index in [4.69, 9.17) is 4.74 Å². The van der Waals surface area contributed by atoms with Crippen molar-refractivity contribution in [3.63, 3.8) is 0 Å². The predicted molar refractivity (Wildman–Crippen MR) is 71.7 cm³/mol. The van der Waals surface area contributed by atoms with Crippen LogP contribution >= 0.6 is 0 Å². The van der Waals surface area contributed by atoms with E-state index in [9.17, 15) is 0 Å². The lowest BCUT2D eigenvalue weighted by Crippen LogP contribution is -2.35. The Kier molecular flexibility index (Phi) is 5.93. The molecule has 1 aromatic carbocycles. The van der Waals surface area contributed by atoms with E-state index in [1.807, 2.05) is 19.2 Å². The van der Waals surface area contributed by atoms with Crippen LogP contribution in [0.2, 0.25) is 0 Å². The Labute approximate surface area is 103 Å². The minimum Gasteiger partial charge on any atom is -0.497 e. The molecule has 0 aliphatic carbocycles. The first-order valence-electron chi connectivity index (χ1n) is 5.81. The number of hydrogen-bond acceptors (Lipinski definition) is 2. The molecule has 0 amide bonds. The van der Waals surface area contributed by atoms with Gasteiger partial charge in [0.2, 0.25) is 0 Å². The smallest absolute Gasteiger partial charge is 0.190 e. The maximum absolute atomic E-state index is 5.19. The summed E-state index contributed by atoms with van der Waals surface area (Å²) in [5.41, 5.74) is 1.30. The number of aliphatic imine (C=N–C) groups is 1. The van der Waals surface area contributed by atoms with Gasteiger partial charge < -0.3 is 15.4 Å². The lowest BCUT2D eigenvalue weighted by Gasteiger charge is -2.08. The first-order valence-corrected chi connectivity index (χ1v) is 5.81. The number of rotatable bonds is 5. The fourth-order valence-corrected chi connectivity index (χ4v) is 1.61. The highest BCUT2D eigenvalue weighted by molar-refractivity contribution is 5.79. The molecule has 4 nitrogen and oxygen atoms in total. The topological polar surface area (TPSA) is 45.7 Å². The van der Waals surface area contributed by atoms with E-state index in [1.54, 1.807) is 14.2 Å². The van der Waals surface area contributed by atoms with Crippen molar-refractivity contribution in [3.05, 3.63) is 29.8 Å². The lowest BCUT2D eigenvalue weighted by atomic mass is 10.1. The van der Waals surface area contributed by atoms with Crippen LogP contribution in [0.1, 0.15) is 12.0 Å². The van der Waals surface area contributed by atoms with Gasteiger partial charge in [-0.25, -0.2) is 0 Å². The molecule has 0 heterocycles. The number of methoxy groups -OCH3 is 1. The molecule has 0 aliphatic rings. The third-order valence-corrected chi connectivity index (χ3v) is 2.53. The molecule has 17 heavy (non-hydrogen) atoms. The van der Waals surface area contributed by atoms with Gasteiger partial charge in [-0.3, -0.25) is 4.99 Å². The van der Waals surface area contributed by atoms with Gasteiger partial charge in [-0.2, -0.15) is 0 Å². The Balaban J connectivity index is 2.30. The van der Waals surface area contributed by atoms with Gasteiger partial charge in [0, 0.05) is 20.6 Å². The Bertz CT molecular complexity index is 363. The average molecular weight is 235 g/mol. The number of nitrogens with one attached hydrogen (secondary N) is 2. The molecular weight excluding hydrogens is 214 g/mol. The molecule has 0 bridgehead atoms. The molecule has 0 fully saturated rings. The van der Waals surface area contributed by atoms with Crippen molar-refractivity contribution in [3.8, 4) is 5.75 Å². The number of nitrogens with zero attached hydrogens (tertiary/aromatic N) is 1. The van der Waals surface area contributed by atoms with Gasteiger partial charge in [0.25, 0.3) is 0 Å². The van der Waals surface area contributed by atoms with Crippen LogP contribution in [0, 0.1) is 0 Å². The van der Waals surface area contributed by atoms with Crippen LogP contribution in [0.5, 0.6) is 5.75 Å². The second-order valence-corrected chi connectivity index (χ2v) is 3.70. The second-order valence-electron chi connectivity index (χ2n) is 3.70. The van der Waals surface area contributed by atoms with Crippen LogP contribution in [0.15, 0.2) is 29.3 Å². The highest BCUT2D eigenvalue weighted by Gasteiger charge is 1.97. The molecule has 1 rings (SSSR count). The highest BCUT2D eigenvalue weighted by atomic mass is 16.5. The SMILES string of the molecule is CN=C(NC)NCCCc1cccc(OC)c1. The van der Waals surface area contributed by atoms with E-state index < -0.39 is 0 Å². The Morgan fingerprint density at radius 2 is 2.24 bits per heavy atom. The molecular formula is C13H21N3O. The maximum atomic E-state index is 5.19. The number of ether oxygens (including phenoxy) is 1. The normalized spacial score (nSPS) is 11.1. The maximum Gasteiger partial charge on any atom is 0.190 e. The van der Waals surface area contributed by atoms with Gasteiger partial charge in [-0.1, -0.05) is 12.1 Å². The zero-order chi connectivity index (χ0) is 12.5. The van der Waals surface area contributed by atoms with Gasteiger partial charge in [-0.05, 0) is 30.5 Å². The van der Waals surface area contributed by atoms with Gasteiger partial charge >= 0.3 is 0 Å². The average Bonchev–Trinajstić information content (AvgIpc) is 2.39. The monoisotopic (exact) mass is 235 g/mol. The fourth-order valence-electron chi connectivity index (χ4n) is 1.61. The molecule has 0 saturated heterocycles. The number of benzene rings is 1. The second kappa shape index (κ2) is 7.54. The summed E-state index contributed by atoms with van der Waals surface area (Å²) in [6.45, 7) is 0.907. The molecule has 94 valence electrons. The first-order chi connectivity index (χ1) is 8.30. The summed E-state index contributed by atoms with van der Waals surface area (Å²) < 4.78 is 5.19. The molecule has 0 atom stereocenters. The quantitative estimate of drug-likeness (QED) is 0.461. The van der Waals surface area contributed by atoms with E-state index in [0.717, 1.165) is 31.1 Å². The van der Waals surface area contributed by atoms with Crippen LogP contribution in [-0.2, 0) is 6.42 Å². The van der Waals surface area contributed by atoms with E-state index >= 15 is 0 Å². The molecule has 0 unspecified atom stereocenters. The summed E-state index contributed by atoms with van der Waals surface area (Å²) in [5.74, 6) is 1.75. The molecule has 0 aliphatic heterocycles. The van der Waals surface area contributed by atoms with Gasteiger partial charge in [0.1, 0.15) is 5.75 Å². The van der Waals surface area contributed by atoms with Crippen molar-refractivity contribution < 1.29 is 4.74 Å². The summed E-state index contributed by atoms with van der Waals surface area (Å²) in [5, 5.41) is 6.21. The van der Waals surface area contributed by atoms with Gasteiger partial charge in [0.15, 0.2) is 5.96 Å². The molecule has 4 heteroatoms. The van der Waals surface area contributed by atoms with Crippen LogP contribution in [0.25, 0.3) is 0 Å². The van der Waals surface area contributed by atoms with E-state index in [2.05, 4.69) is 27.8 Å². The van der Waals surface area contributed by atoms with E-state index in [0.29, 0.717) is 0 Å². The standard InChI is InChI=1S/C13H21N3O/c1-14-13(15-2)16-9-5-7-11-6-4-8-12(10-11)17-3/h4,6,8,10H,5,7,9H2,1-3H3,(H2,14,15,16). The van der Waals surface area contributed by atoms with E-state index in [-0.39, 0.29) is 0 Å². The van der Waals surface area contributed by atoms with Crippen LogP contribution in [-0.4, -0.2) is 33.7 Å². The molecule has 0 radical (unpaired) electrons. The molecule has 0 aromatic heterocycles. The number of hydrogen-bond donors (Lipinski definition) is 2. The first kappa shape index (κ1) is 13.4. The van der Waals surface area contributed by atoms with Crippen molar-refractivity contribution in [2.24, 2.45) is 4.99 Å². The van der Waals surface area contributed by atoms with Crippen molar-refractivity contribution in [2.75, 3.05) is 27.7 Å². The largest absolute Gasteiger partial charge is 0.497 e. The Hall–Kier alpha value is -1.71. The summed E-state index contributed by atoms with van der Waals surface area (Å²) in [6.07, 6.45) is 2.10. The Morgan fingerprint density at radius 1 is 1.41 bits per heavy atom.